The minimum atomic E-state index is -1.64. The van der Waals surface area contributed by atoms with Crippen molar-refractivity contribution in [1.82, 2.24) is 9.80 Å². The molecular formula is C20H34N2O2Si. The van der Waals surface area contributed by atoms with E-state index in [9.17, 15) is 4.79 Å². The number of benzene rings is 1. The summed E-state index contributed by atoms with van der Waals surface area (Å²) in [6.45, 7) is 17.7. The molecule has 0 bridgehead atoms. The molecule has 1 aliphatic heterocycles. The second-order valence-corrected chi connectivity index (χ2v) is 13.3. The summed E-state index contributed by atoms with van der Waals surface area (Å²) in [5, 5.41) is 0.267. The smallest absolute Gasteiger partial charge is 0.192 e. The molecule has 4 nitrogen and oxygen atoms in total. The third-order valence-electron chi connectivity index (χ3n) is 5.60. The van der Waals surface area contributed by atoms with Gasteiger partial charge >= 0.3 is 0 Å². The van der Waals surface area contributed by atoms with Crippen LogP contribution in [0.5, 0.6) is 0 Å². The van der Waals surface area contributed by atoms with Crippen LogP contribution in [0.15, 0.2) is 30.3 Å². The van der Waals surface area contributed by atoms with Crippen LogP contribution in [-0.4, -0.2) is 69.8 Å². The van der Waals surface area contributed by atoms with E-state index >= 15 is 0 Å². The van der Waals surface area contributed by atoms with E-state index in [4.69, 9.17) is 4.43 Å². The third kappa shape index (κ3) is 6.03. The summed E-state index contributed by atoms with van der Waals surface area (Å²) in [6.07, 6.45) is 0. The van der Waals surface area contributed by atoms with E-state index in [0.29, 0.717) is 6.54 Å². The molecule has 0 amide bonds. The van der Waals surface area contributed by atoms with Gasteiger partial charge in [0.15, 0.2) is 14.1 Å². The molecule has 0 saturated carbocycles. The first-order chi connectivity index (χ1) is 11.7. The van der Waals surface area contributed by atoms with Crippen LogP contribution >= 0.6 is 0 Å². The number of ketones is 1. The molecule has 1 aliphatic rings. The number of hydrogen-bond acceptors (Lipinski definition) is 4. The maximum absolute atomic E-state index is 12.3. The molecule has 0 aromatic heterocycles. The van der Waals surface area contributed by atoms with Gasteiger partial charge in [-0.15, -0.1) is 0 Å². The number of rotatable bonds is 7. The van der Waals surface area contributed by atoms with Gasteiger partial charge in [-0.3, -0.25) is 14.6 Å². The summed E-state index contributed by atoms with van der Waals surface area (Å²) < 4.78 is 6.28. The van der Waals surface area contributed by atoms with Gasteiger partial charge in [-0.05, 0) is 18.1 Å². The number of Topliss-reactive ketones (excluding diaryl/α,β-unsaturated/α-hetero) is 1. The standard InChI is InChI=1S/C20H34N2O2Si/c1-20(2,3)25(4,5)24-16-15-21-11-13-22(14-12-21)17-19(23)18-9-7-6-8-10-18/h6-10H,11-17H2,1-5H3. The molecular weight excluding hydrogens is 328 g/mol. The molecule has 0 aliphatic carbocycles. The second-order valence-electron chi connectivity index (χ2n) is 8.52. The van der Waals surface area contributed by atoms with Crippen LogP contribution < -0.4 is 0 Å². The summed E-state index contributed by atoms with van der Waals surface area (Å²) >= 11 is 0. The highest BCUT2D eigenvalue weighted by atomic mass is 28.4. The highest BCUT2D eigenvalue weighted by Crippen LogP contribution is 2.36. The SMILES string of the molecule is CC(C)(C)[Si](C)(C)OCCN1CCN(CC(=O)c2ccccc2)CC1. The molecule has 1 fully saturated rings. The molecule has 0 N–H and O–H groups in total. The molecule has 1 aromatic carbocycles. The molecule has 140 valence electrons. The molecule has 2 rings (SSSR count). The predicted molar refractivity (Wildman–Crippen MR) is 107 cm³/mol. The van der Waals surface area contributed by atoms with Crippen molar-refractivity contribution in [3.05, 3.63) is 35.9 Å². The molecule has 0 radical (unpaired) electrons. The molecule has 1 saturated heterocycles. The predicted octanol–water partition coefficient (Wildman–Crippen LogP) is 3.51. The summed E-state index contributed by atoms with van der Waals surface area (Å²) in [5.74, 6) is 0.218. The van der Waals surface area contributed by atoms with Crippen molar-refractivity contribution in [2.75, 3.05) is 45.9 Å². The summed E-state index contributed by atoms with van der Waals surface area (Å²) in [6, 6.07) is 9.59. The first-order valence-corrected chi connectivity index (χ1v) is 12.3. The largest absolute Gasteiger partial charge is 0.416 e. The summed E-state index contributed by atoms with van der Waals surface area (Å²) in [4.78, 5) is 17.0. The lowest BCUT2D eigenvalue weighted by molar-refractivity contribution is 0.0826. The zero-order valence-electron chi connectivity index (χ0n) is 16.5. The molecule has 25 heavy (non-hydrogen) atoms. The maximum atomic E-state index is 12.3. The minimum absolute atomic E-state index is 0.218. The van der Waals surface area contributed by atoms with E-state index in [-0.39, 0.29) is 10.8 Å². The normalized spacial score (nSPS) is 17.6. The Hall–Kier alpha value is -1.01. The number of carbonyl (C=O) groups excluding carboxylic acids is 1. The number of carbonyl (C=O) groups is 1. The zero-order valence-corrected chi connectivity index (χ0v) is 17.5. The highest BCUT2D eigenvalue weighted by molar-refractivity contribution is 6.74. The van der Waals surface area contributed by atoms with Crippen molar-refractivity contribution < 1.29 is 9.22 Å². The summed E-state index contributed by atoms with van der Waals surface area (Å²) in [5.41, 5.74) is 0.813. The Balaban J connectivity index is 1.69. The molecule has 1 aromatic rings. The van der Waals surface area contributed by atoms with Gasteiger partial charge in [0.05, 0.1) is 6.54 Å². The monoisotopic (exact) mass is 362 g/mol. The van der Waals surface area contributed by atoms with Crippen LogP contribution in [0.3, 0.4) is 0 Å². The van der Waals surface area contributed by atoms with Crippen molar-refractivity contribution in [2.45, 2.75) is 38.9 Å². The lowest BCUT2D eigenvalue weighted by Crippen LogP contribution is -2.49. The Bertz CT molecular complexity index is 547. The lowest BCUT2D eigenvalue weighted by atomic mass is 10.1. The zero-order chi connectivity index (χ0) is 18.5. The highest BCUT2D eigenvalue weighted by Gasteiger charge is 2.37. The topological polar surface area (TPSA) is 32.8 Å². The van der Waals surface area contributed by atoms with Crippen molar-refractivity contribution in [3.63, 3.8) is 0 Å². The van der Waals surface area contributed by atoms with Crippen molar-refractivity contribution in [2.24, 2.45) is 0 Å². The van der Waals surface area contributed by atoms with E-state index in [2.05, 4.69) is 43.7 Å². The maximum Gasteiger partial charge on any atom is 0.192 e. The Morgan fingerprint density at radius 3 is 2.16 bits per heavy atom. The number of piperazine rings is 1. The second kappa shape index (κ2) is 8.58. The van der Waals surface area contributed by atoms with E-state index < -0.39 is 8.32 Å². The van der Waals surface area contributed by atoms with Crippen LogP contribution in [0.2, 0.25) is 18.1 Å². The molecule has 5 heteroatoms. The van der Waals surface area contributed by atoms with Gasteiger partial charge in [-0.1, -0.05) is 51.1 Å². The van der Waals surface area contributed by atoms with E-state index in [1.54, 1.807) is 0 Å². The van der Waals surface area contributed by atoms with Gasteiger partial charge in [0.1, 0.15) is 0 Å². The fourth-order valence-corrected chi connectivity index (χ4v) is 3.77. The first-order valence-electron chi connectivity index (χ1n) is 9.36. The fraction of sp³-hybridized carbons (Fsp3) is 0.650. The van der Waals surface area contributed by atoms with E-state index in [1.165, 1.54) is 0 Å². The Morgan fingerprint density at radius 2 is 1.60 bits per heavy atom. The molecule has 0 spiro atoms. The van der Waals surface area contributed by atoms with Crippen LogP contribution in [-0.2, 0) is 4.43 Å². The number of hydrogen-bond donors (Lipinski definition) is 0. The average Bonchev–Trinajstić information content (AvgIpc) is 2.56. The minimum Gasteiger partial charge on any atom is -0.416 e. The van der Waals surface area contributed by atoms with Crippen molar-refractivity contribution in [3.8, 4) is 0 Å². The molecule has 0 unspecified atom stereocenters. The molecule has 1 heterocycles. The molecule has 0 atom stereocenters. The Kier molecular flexibility index (Phi) is 6.97. The van der Waals surface area contributed by atoms with Gasteiger partial charge in [0, 0.05) is 44.9 Å². The van der Waals surface area contributed by atoms with Gasteiger partial charge in [-0.25, -0.2) is 0 Å². The number of nitrogens with zero attached hydrogens (tertiary/aromatic N) is 2. The quantitative estimate of drug-likeness (QED) is 0.549. The van der Waals surface area contributed by atoms with Crippen LogP contribution in [0, 0.1) is 0 Å². The van der Waals surface area contributed by atoms with Gasteiger partial charge in [-0.2, -0.15) is 0 Å². The first kappa shape index (κ1) is 20.3. The van der Waals surface area contributed by atoms with E-state index in [0.717, 1.165) is 44.9 Å². The van der Waals surface area contributed by atoms with Gasteiger partial charge in [0.2, 0.25) is 0 Å². The summed E-state index contributed by atoms with van der Waals surface area (Å²) in [7, 11) is -1.64. The van der Waals surface area contributed by atoms with Crippen molar-refractivity contribution in [1.29, 1.82) is 0 Å². The van der Waals surface area contributed by atoms with Crippen LogP contribution in [0.4, 0.5) is 0 Å². The third-order valence-corrected chi connectivity index (χ3v) is 10.1. The van der Waals surface area contributed by atoms with Crippen LogP contribution in [0.25, 0.3) is 0 Å². The average molecular weight is 363 g/mol. The van der Waals surface area contributed by atoms with Gasteiger partial charge in [0.25, 0.3) is 0 Å². The lowest BCUT2D eigenvalue weighted by Gasteiger charge is -2.38. The van der Waals surface area contributed by atoms with Crippen LogP contribution in [0.1, 0.15) is 31.1 Å². The Labute approximate surface area is 154 Å². The van der Waals surface area contributed by atoms with E-state index in [1.807, 2.05) is 30.3 Å². The Morgan fingerprint density at radius 1 is 1.04 bits per heavy atom. The van der Waals surface area contributed by atoms with Gasteiger partial charge < -0.3 is 4.43 Å². The fourth-order valence-electron chi connectivity index (χ4n) is 2.74. The van der Waals surface area contributed by atoms with Crippen molar-refractivity contribution >= 4 is 14.1 Å².